The molecular formula is C11H14BrNO3. The molecule has 0 aliphatic carbocycles. The number of amides is 1. The molecule has 1 aromatic heterocycles. The number of rotatable bonds is 1. The normalized spacial score (nSPS) is 17.8. The van der Waals surface area contributed by atoms with Gasteiger partial charge in [0.15, 0.2) is 10.4 Å². The van der Waals surface area contributed by atoms with Crippen LogP contribution in [0.25, 0.3) is 0 Å². The van der Waals surface area contributed by atoms with E-state index in [1.54, 1.807) is 11.0 Å². The molecule has 0 bridgehead atoms. The first kappa shape index (κ1) is 11.7. The molecule has 1 aliphatic rings. The van der Waals surface area contributed by atoms with Crippen LogP contribution in [0.2, 0.25) is 0 Å². The third kappa shape index (κ3) is 2.30. The molecule has 1 aromatic rings. The Hall–Kier alpha value is -0.810. The Labute approximate surface area is 102 Å². The highest BCUT2D eigenvalue weighted by Gasteiger charge is 2.25. The minimum atomic E-state index is -0.270. The average molecular weight is 288 g/mol. The third-order valence-corrected chi connectivity index (χ3v) is 3.22. The molecule has 0 spiro atoms. The molecule has 1 fully saturated rings. The Balaban J connectivity index is 2.10. The van der Waals surface area contributed by atoms with E-state index in [4.69, 9.17) is 4.42 Å². The van der Waals surface area contributed by atoms with Crippen LogP contribution in [0.5, 0.6) is 0 Å². The number of aliphatic hydroxyl groups excluding tert-OH is 1. The molecule has 2 rings (SSSR count). The van der Waals surface area contributed by atoms with Gasteiger partial charge in [-0.1, -0.05) is 0 Å². The van der Waals surface area contributed by atoms with Crippen LogP contribution in [-0.2, 0) is 0 Å². The molecule has 1 amide bonds. The summed E-state index contributed by atoms with van der Waals surface area (Å²) in [5.74, 6) is 0.304. The monoisotopic (exact) mass is 287 g/mol. The van der Waals surface area contributed by atoms with Gasteiger partial charge in [-0.15, -0.1) is 0 Å². The molecule has 0 aromatic carbocycles. The highest BCUT2D eigenvalue weighted by molar-refractivity contribution is 9.10. The molecule has 2 heterocycles. The quantitative estimate of drug-likeness (QED) is 0.859. The summed E-state index contributed by atoms with van der Waals surface area (Å²) in [7, 11) is 0. The fraction of sp³-hybridized carbons (Fsp3) is 0.545. The van der Waals surface area contributed by atoms with Crippen molar-refractivity contribution in [1.82, 2.24) is 4.90 Å². The maximum absolute atomic E-state index is 12.1. The van der Waals surface area contributed by atoms with E-state index in [1.807, 2.05) is 6.92 Å². The summed E-state index contributed by atoms with van der Waals surface area (Å²) in [4.78, 5) is 13.8. The van der Waals surface area contributed by atoms with Crippen molar-refractivity contribution >= 4 is 21.8 Å². The van der Waals surface area contributed by atoms with Crippen LogP contribution in [0, 0.1) is 6.92 Å². The van der Waals surface area contributed by atoms with E-state index >= 15 is 0 Å². The molecule has 4 nitrogen and oxygen atoms in total. The van der Waals surface area contributed by atoms with E-state index in [1.165, 1.54) is 0 Å². The SMILES string of the molecule is Cc1cc(Br)oc1C(=O)N1CCC(O)CC1. The van der Waals surface area contributed by atoms with Crippen LogP contribution in [0.1, 0.15) is 29.0 Å². The fourth-order valence-corrected chi connectivity index (χ4v) is 2.37. The predicted molar refractivity (Wildman–Crippen MR) is 62.3 cm³/mol. The fourth-order valence-electron chi connectivity index (χ4n) is 1.87. The Morgan fingerprint density at radius 2 is 2.19 bits per heavy atom. The number of carbonyl (C=O) groups is 1. The van der Waals surface area contributed by atoms with E-state index in [0.29, 0.717) is 36.4 Å². The van der Waals surface area contributed by atoms with Gasteiger partial charge in [0.2, 0.25) is 0 Å². The summed E-state index contributed by atoms with van der Waals surface area (Å²) in [6.45, 7) is 3.04. The number of nitrogens with zero attached hydrogens (tertiary/aromatic N) is 1. The molecule has 0 atom stereocenters. The van der Waals surface area contributed by atoms with Gasteiger partial charge in [0.25, 0.3) is 5.91 Å². The number of halogens is 1. The molecule has 88 valence electrons. The summed E-state index contributed by atoms with van der Waals surface area (Å²) in [6, 6.07) is 1.78. The highest BCUT2D eigenvalue weighted by Crippen LogP contribution is 2.22. The van der Waals surface area contributed by atoms with E-state index in [0.717, 1.165) is 5.56 Å². The van der Waals surface area contributed by atoms with Crippen molar-refractivity contribution in [3.8, 4) is 0 Å². The topological polar surface area (TPSA) is 53.7 Å². The molecule has 0 radical (unpaired) electrons. The van der Waals surface area contributed by atoms with Crippen LogP contribution >= 0.6 is 15.9 Å². The van der Waals surface area contributed by atoms with Gasteiger partial charge in [-0.3, -0.25) is 4.79 Å². The van der Waals surface area contributed by atoms with Crippen LogP contribution < -0.4 is 0 Å². The molecule has 0 unspecified atom stereocenters. The van der Waals surface area contributed by atoms with Crippen LogP contribution in [-0.4, -0.2) is 35.1 Å². The first-order valence-electron chi connectivity index (χ1n) is 5.31. The zero-order valence-corrected chi connectivity index (χ0v) is 10.7. The number of aliphatic hydroxyl groups is 1. The van der Waals surface area contributed by atoms with E-state index < -0.39 is 0 Å². The second-order valence-electron chi connectivity index (χ2n) is 4.09. The van der Waals surface area contributed by atoms with Gasteiger partial charge in [-0.25, -0.2) is 0 Å². The highest BCUT2D eigenvalue weighted by atomic mass is 79.9. The summed E-state index contributed by atoms with van der Waals surface area (Å²) >= 11 is 3.21. The molecular weight excluding hydrogens is 274 g/mol. The van der Waals surface area contributed by atoms with Crippen molar-refractivity contribution < 1.29 is 14.3 Å². The second-order valence-corrected chi connectivity index (χ2v) is 4.87. The van der Waals surface area contributed by atoms with Gasteiger partial charge in [-0.05, 0) is 41.8 Å². The lowest BCUT2D eigenvalue weighted by Gasteiger charge is -2.29. The first-order valence-corrected chi connectivity index (χ1v) is 6.10. The molecule has 16 heavy (non-hydrogen) atoms. The molecule has 1 saturated heterocycles. The number of hydrogen-bond donors (Lipinski definition) is 1. The lowest BCUT2D eigenvalue weighted by molar-refractivity contribution is 0.0518. The number of furan rings is 1. The van der Waals surface area contributed by atoms with Crippen molar-refractivity contribution in [3.63, 3.8) is 0 Å². The maximum atomic E-state index is 12.1. The van der Waals surface area contributed by atoms with E-state index in [9.17, 15) is 9.90 Å². The van der Waals surface area contributed by atoms with E-state index in [2.05, 4.69) is 15.9 Å². The summed E-state index contributed by atoms with van der Waals surface area (Å²) in [5.41, 5.74) is 0.836. The van der Waals surface area contributed by atoms with Gasteiger partial charge < -0.3 is 14.4 Å². The van der Waals surface area contributed by atoms with Crippen LogP contribution in [0.4, 0.5) is 0 Å². The minimum absolute atomic E-state index is 0.0879. The number of likely N-dealkylation sites (tertiary alicyclic amines) is 1. The molecule has 1 N–H and O–H groups in total. The largest absolute Gasteiger partial charge is 0.444 e. The lowest BCUT2D eigenvalue weighted by atomic mass is 10.1. The number of piperidine rings is 1. The smallest absolute Gasteiger partial charge is 0.289 e. The van der Waals surface area contributed by atoms with Gasteiger partial charge >= 0.3 is 0 Å². The number of carbonyl (C=O) groups excluding carboxylic acids is 1. The summed E-state index contributed by atoms with van der Waals surface area (Å²) in [5, 5.41) is 9.37. The Morgan fingerprint density at radius 1 is 1.56 bits per heavy atom. The van der Waals surface area contributed by atoms with Crippen molar-refractivity contribution in [1.29, 1.82) is 0 Å². The van der Waals surface area contributed by atoms with Gasteiger partial charge in [0, 0.05) is 18.7 Å². The Kier molecular flexibility index (Phi) is 3.35. The third-order valence-electron chi connectivity index (χ3n) is 2.83. The predicted octanol–water partition coefficient (Wildman–Crippen LogP) is 1.95. The molecule has 1 aliphatic heterocycles. The maximum Gasteiger partial charge on any atom is 0.289 e. The Bertz CT molecular complexity index is 394. The van der Waals surface area contributed by atoms with Crippen molar-refractivity contribution in [3.05, 3.63) is 22.1 Å². The van der Waals surface area contributed by atoms with Gasteiger partial charge in [-0.2, -0.15) is 0 Å². The lowest BCUT2D eigenvalue weighted by Crippen LogP contribution is -2.40. The first-order chi connectivity index (χ1) is 7.58. The Morgan fingerprint density at radius 3 is 2.69 bits per heavy atom. The second kappa shape index (κ2) is 4.59. The molecule has 5 heteroatoms. The number of aryl methyl sites for hydroxylation is 1. The van der Waals surface area contributed by atoms with E-state index in [-0.39, 0.29) is 12.0 Å². The number of hydrogen-bond acceptors (Lipinski definition) is 3. The standard InChI is InChI=1S/C11H14BrNO3/c1-7-6-9(12)16-10(7)11(15)13-4-2-8(14)3-5-13/h6,8,14H,2-5H2,1H3. The zero-order valence-electron chi connectivity index (χ0n) is 9.07. The zero-order chi connectivity index (χ0) is 11.7. The summed E-state index contributed by atoms with van der Waals surface area (Å²) < 4.78 is 5.89. The van der Waals surface area contributed by atoms with Gasteiger partial charge in [0.05, 0.1) is 6.10 Å². The average Bonchev–Trinajstić information content (AvgIpc) is 2.58. The van der Waals surface area contributed by atoms with Crippen molar-refractivity contribution in [2.24, 2.45) is 0 Å². The molecule has 0 saturated carbocycles. The summed E-state index contributed by atoms with van der Waals surface area (Å²) in [6.07, 6.45) is 1.02. The van der Waals surface area contributed by atoms with Crippen LogP contribution in [0.15, 0.2) is 15.2 Å². The van der Waals surface area contributed by atoms with Crippen LogP contribution in [0.3, 0.4) is 0 Å². The van der Waals surface area contributed by atoms with Crippen molar-refractivity contribution in [2.45, 2.75) is 25.9 Å². The minimum Gasteiger partial charge on any atom is -0.444 e. The van der Waals surface area contributed by atoms with Gasteiger partial charge in [0.1, 0.15) is 0 Å². The van der Waals surface area contributed by atoms with Crippen molar-refractivity contribution in [2.75, 3.05) is 13.1 Å².